The van der Waals surface area contributed by atoms with Crippen molar-refractivity contribution < 1.29 is 18.7 Å². The topological polar surface area (TPSA) is 75.1 Å². The van der Waals surface area contributed by atoms with Crippen molar-refractivity contribution >= 4 is 22.4 Å². The maximum absolute atomic E-state index is 12.3. The van der Waals surface area contributed by atoms with Crippen LogP contribution in [0.4, 0.5) is 13.9 Å². The van der Waals surface area contributed by atoms with Crippen LogP contribution in [0.5, 0.6) is 0 Å². The highest BCUT2D eigenvalue weighted by Crippen LogP contribution is 2.29. The first-order valence-electron chi connectivity index (χ1n) is 5.67. The number of hydrogen-bond acceptors (Lipinski definition) is 5. The normalized spacial score (nSPS) is 24.2. The molecule has 1 fully saturated rings. The average molecular weight is 277 g/mol. The summed E-state index contributed by atoms with van der Waals surface area (Å²) in [6.45, 7) is 0. The predicted octanol–water partition coefficient (Wildman–Crippen LogP) is 2.53. The van der Waals surface area contributed by atoms with Gasteiger partial charge in [0.15, 0.2) is 5.01 Å². The van der Waals surface area contributed by atoms with Gasteiger partial charge in [0.05, 0.1) is 5.92 Å². The highest BCUT2D eigenvalue weighted by Gasteiger charge is 2.26. The van der Waals surface area contributed by atoms with Crippen LogP contribution in [0.2, 0.25) is 0 Å². The van der Waals surface area contributed by atoms with E-state index < -0.39 is 12.4 Å². The van der Waals surface area contributed by atoms with Crippen molar-refractivity contribution in [2.75, 3.05) is 5.32 Å². The summed E-state index contributed by atoms with van der Waals surface area (Å²) in [4.78, 5) is 10.8. The molecule has 8 heteroatoms. The van der Waals surface area contributed by atoms with E-state index in [9.17, 15) is 13.6 Å². The monoisotopic (exact) mass is 277 g/mol. The Bertz CT molecular complexity index is 419. The lowest BCUT2D eigenvalue weighted by Gasteiger charge is -2.26. The molecule has 0 radical (unpaired) electrons. The van der Waals surface area contributed by atoms with Crippen LogP contribution in [0.1, 0.15) is 37.1 Å². The smallest absolute Gasteiger partial charge is 0.306 e. The quantitative estimate of drug-likeness (QED) is 0.884. The molecule has 1 aliphatic carbocycles. The standard InChI is InChI=1S/C10H13F2N3O2S/c11-7(12)8-14-15-10(18-8)13-6-3-1-5(2-4-6)9(16)17/h5-7H,1-4H2,(H,13,15)(H,16,17). The Hall–Kier alpha value is -1.31. The third-order valence-corrected chi connectivity index (χ3v) is 3.89. The number of nitrogens with one attached hydrogen (secondary N) is 1. The molecule has 0 bridgehead atoms. The number of carbonyl (C=O) groups is 1. The van der Waals surface area contributed by atoms with Crippen LogP contribution in [0.25, 0.3) is 0 Å². The van der Waals surface area contributed by atoms with Crippen molar-refractivity contribution in [2.45, 2.75) is 38.2 Å². The van der Waals surface area contributed by atoms with Gasteiger partial charge < -0.3 is 10.4 Å². The van der Waals surface area contributed by atoms with Crippen LogP contribution in [-0.2, 0) is 4.79 Å². The zero-order valence-corrected chi connectivity index (χ0v) is 10.3. The SMILES string of the molecule is O=C(O)C1CCC(Nc2nnc(C(F)F)s2)CC1. The lowest BCUT2D eigenvalue weighted by molar-refractivity contribution is -0.142. The minimum absolute atomic E-state index is 0.0964. The van der Waals surface area contributed by atoms with Crippen molar-refractivity contribution in [3.63, 3.8) is 0 Å². The van der Waals surface area contributed by atoms with Crippen molar-refractivity contribution in [1.82, 2.24) is 10.2 Å². The van der Waals surface area contributed by atoms with E-state index in [-0.39, 0.29) is 17.0 Å². The molecular weight excluding hydrogens is 264 g/mol. The van der Waals surface area contributed by atoms with E-state index in [4.69, 9.17) is 5.11 Å². The zero-order valence-electron chi connectivity index (χ0n) is 9.47. The van der Waals surface area contributed by atoms with E-state index >= 15 is 0 Å². The van der Waals surface area contributed by atoms with Crippen molar-refractivity contribution in [3.05, 3.63) is 5.01 Å². The van der Waals surface area contributed by atoms with Crippen LogP contribution < -0.4 is 5.32 Å². The Morgan fingerprint density at radius 2 is 2.00 bits per heavy atom. The van der Waals surface area contributed by atoms with E-state index in [0.717, 1.165) is 11.3 Å². The fraction of sp³-hybridized carbons (Fsp3) is 0.700. The molecule has 1 saturated carbocycles. The van der Waals surface area contributed by atoms with E-state index in [1.54, 1.807) is 0 Å². The molecule has 5 nitrogen and oxygen atoms in total. The van der Waals surface area contributed by atoms with Crippen molar-refractivity contribution in [2.24, 2.45) is 5.92 Å². The molecule has 0 spiro atoms. The van der Waals surface area contributed by atoms with Gasteiger partial charge in [-0.05, 0) is 25.7 Å². The van der Waals surface area contributed by atoms with E-state index in [2.05, 4.69) is 15.5 Å². The summed E-state index contributed by atoms with van der Waals surface area (Å²) < 4.78 is 24.6. The summed E-state index contributed by atoms with van der Waals surface area (Å²) in [7, 11) is 0. The number of carboxylic acids is 1. The minimum Gasteiger partial charge on any atom is -0.481 e. The molecule has 2 N–H and O–H groups in total. The highest BCUT2D eigenvalue weighted by molar-refractivity contribution is 7.15. The van der Waals surface area contributed by atoms with Crippen LogP contribution in [-0.4, -0.2) is 27.3 Å². The molecule has 0 aliphatic heterocycles. The van der Waals surface area contributed by atoms with Crippen LogP contribution in [0.3, 0.4) is 0 Å². The van der Waals surface area contributed by atoms with Crippen LogP contribution in [0, 0.1) is 5.92 Å². The summed E-state index contributed by atoms with van der Waals surface area (Å²) >= 11 is 0.842. The van der Waals surface area contributed by atoms with Gasteiger partial charge in [-0.2, -0.15) is 0 Å². The average Bonchev–Trinajstić information content (AvgIpc) is 2.78. The molecule has 100 valence electrons. The van der Waals surface area contributed by atoms with Gasteiger partial charge in [0.1, 0.15) is 0 Å². The third-order valence-electron chi connectivity index (χ3n) is 3.03. The number of nitrogens with zero attached hydrogens (tertiary/aromatic N) is 2. The maximum atomic E-state index is 12.3. The van der Waals surface area contributed by atoms with Gasteiger partial charge in [0, 0.05) is 6.04 Å². The van der Waals surface area contributed by atoms with E-state index in [0.29, 0.717) is 30.8 Å². The van der Waals surface area contributed by atoms with Gasteiger partial charge in [-0.3, -0.25) is 4.79 Å². The van der Waals surface area contributed by atoms with Gasteiger partial charge in [0.2, 0.25) is 5.13 Å². The Morgan fingerprint density at radius 3 is 2.50 bits per heavy atom. The van der Waals surface area contributed by atoms with Gasteiger partial charge in [-0.1, -0.05) is 11.3 Å². The molecule has 0 aromatic carbocycles. The molecule has 0 amide bonds. The number of aliphatic carboxylic acids is 1. The van der Waals surface area contributed by atoms with Gasteiger partial charge in [-0.15, -0.1) is 10.2 Å². The van der Waals surface area contributed by atoms with Gasteiger partial charge >= 0.3 is 5.97 Å². The number of aromatic nitrogens is 2. The Kier molecular flexibility index (Phi) is 4.05. The molecule has 1 heterocycles. The van der Waals surface area contributed by atoms with Gasteiger partial charge in [-0.25, -0.2) is 8.78 Å². The number of alkyl halides is 2. The highest BCUT2D eigenvalue weighted by atomic mass is 32.1. The van der Waals surface area contributed by atoms with E-state index in [1.165, 1.54) is 0 Å². The van der Waals surface area contributed by atoms with Gasteiger partial charge in [0.25, 0.3) is 6.43 Å². The Labute approximate surface area is 106 Å². The molecule has 2 rings (SSSR count). The molecule has 0 atom stereocenters. The Morgan fingerprint density at radius 1 is 1.33 bits per heavy atom. The molecule has 1 aromatic heterocycles. The number of carboxylic acid groups (broad SMARTS) is 1. The maximum Gasteiger partial charge on any atom is 0.306 e. The first kappa shape index (κ1) is 13.1. The summed E-state index contributed by atoms with van der Waals surface area (Å²) in [6.07, 6.45) is 0.0306. The number of anilines is 1. The number of rotatable bonds is 4. The fourth-order valence-electron chi connectivity index (χ4n) is 2.04. The van der Waals surface area contributed by atoms with Crippen LogP contribution in [0.15, 0.2) is 0 Å². The second-order valence-corrected chi connectivity index (χ2v) is 5.29. The molecule has 0 saturated heterocycles. The van der Waals surface area contributed by atoms with E-state index in [1.807, 2.05) is 0 Å². The molecule has 0 unspecified atom stereocenters. The third kappa shape index (κ3) is 3.12. The predicted molar refractivity (Wildman–Crippen MR) is 61.9 cm³/mol. The second kappa shape index (κ2) is 5.55. The summed E-state index contributed by atoms with van der Waals surface area (Å²) in [5.74, 6) is -1.04. The van der Waals surface area contributed by atoms with Crippen molar-refractivity contribution in [1.29, 1.82) is 0 Å². The lowest BCUT2D eigenvalue weighted by atomic mass is 9.86. The number of hydrogen-bond donors (Lipinski definition) is 2. The first-order valence-corrected chi connectivity index (χ1v) is 6.49. The zero-order chi connectivity index (χ0) is 13.1. The van der Waals surface area contributed by atoms with Crippen molar-refractivity contribution in [3.8, 4) is 0 Å². The van der Waals surface area contributed by atoms with Crippen LogP contribution >= 0.6 is 11.3 Å². The largest absolute Gasteiger partial charge is 0.481 e. The summed E-state index contributed by atoms with van der Waals surface area (Å²) in [5.41, 5.74) is 0. The minimum atomic E-state index is -2.60. The molecule has 18 heavy (non-hydrogen) atoms. The lowest BCUT2D eigenvalue weighted by Crippen LogP contribution is -2.29. The fourth-order valence-corrected chi connectivity index (χ4v) is 2.72. The molecular formula is C10H13F2N3O2S. The Balaban J connectivity index is 1.85. The summed E-state index contributed by atoms with van der Waals surface area (Å²) in [6, 6.07) is 0.0964. The number of halogens is 2. The molecule has 1 aromatic rings. The first-order chi connectivity index (χ1) is 8.56. The second-order valence-electron chi connectivity index (χ2n) is 4.28. The summed E-state index contributed by atoms with van der Waals surface area (Å²) in [5, 5.41) is 19.0. The molecule has 1 aliphatic rings.